The summed E-state index contributed by atoms with van der Waals surface area (Å²) < 4.78 is 18.6. The fourth-order valence-electron chi connectivity index (χ4n) is 2.66. The molecule has 0 aliphatic heterocycles. The molecule has 1 amide bonds. The molecule has 0 unspecified atom stereocenters. The Balaban J connectivity index is 1.53. The number of nitrogens with zero attached hydrogens (tertiary/aromatic N) is 1. The van der Waals surface area contributed by atoms with E-state index in [1.54, 1.807) is 30.5 Å². The van der Waals surface area contributed by atoms with E-state index < -0.39 is 0 Å². The van der Waals surface area contributed by atoms with Crippen LogP contribution in [-0.2, 0) is 6.42 Å². The standard InChI is InChI=1S/C22H23FN2O2S/c1-2-3-4-13-27-19-11-7-17(8-12-19)21(26)25-22-24-15-20(28-22)14-16-5-9-18(23)10-6-16/h5-12,15H,2-4,13-14H2,1H3,(H,24,25,26). The number of carbonyl (C=O) groups is 1. The molecule has 0 aliphatic carbocycles. The van der Waals surface area contributed by atoms with E-state index in [4.69, 9.17) is 4.74 Å². The average Bonchev–Trinajstić information content (AvgIpc) is 3.14. The van der Waals surface area contributed by atoms with Crippen LogP contribution in [0, 0.1) is 5.82 Å². The summed E-state index contributed by atoms with van der Waals surface area (Å²) in [6.45, 7) is 2.84. The van der Waals surface area contributed by atoms with Crippen LogP contribution in [0.4, 0.5) is 9.52 Å². The molecule has 146 valence electrons. The van der Waals surface area contributed by atoms with Crippen LogP contribution >= 0.6 is 11.3 Å². The topological polar surface area (TPSA) is 51.2 Å². The number of thiazole rings is 1. The van der Waals surface area contributed by atoms with Crippen molar-refractivity contribution in [3.63, 3.8) is 0 Å². The van der Waals surface area contributed by atoms with Gasteiger partial charge in [0.2, 0.25) is 0 Å². The van der Waals surface area contributed by atoms with E-state index in [1.807, 2.05) is 12.1 Å². The minimum atomic E-state index is -0.251. The van der Waals surface area contributed by atoms with Gasteiger partial charge >= 0.3 is 0 Å². The molecular weight excluding hydrogens is 375 g/mol. The predicted octanol–water partition coefficient (Wildman–Crippen LogP) is 5.69. The summed E-state index contributed by atoms with van der Waals surface area (Å²) in [6, 6.07) is 13.5. The molecule has 1 heterocycles. The lowest BCUT2D eigenvalue weighted by molar-refractivity contribution is 0.102. The quantitative estimate of drug-likeness (QED) is 0.471. The van der Waals surface area contributed by atoms with Crippen molar-refractivity contribution in [2.24, 2.45) is 0 Å². The number of hydrogen-bond donors (Lipinski definition) is 1. The molecule has 1 N–H and O–H groups in total. The van der Waals surface area contributed by atoms with Crippen molar-refractivity contribution in [2.75, 3.05) is 11.9 Å². The highest BCUT2D eigenvalue weighted by Gasteiger charge is 2.10. The molecule has 4 nitrogen and oxygen atoms in total. The van der Waals surface area contributed by atoms with Crippen LogP contribution in [0.3, 0.4) is 0 Å². The number of carbonyl (C=O) groups excluding carboxylic acids is 1. The highest BCUT2D eigenvalue weighted by molar-refractivity contribution is 7.15. The molecule has 0 saturated carbocycles. The summed E-state index contributed by atoms with van der Waals surface area (Å²) in [5.41, 5.74) is 1.55. The van der Waals surface area contributed by atoms with E-state index >= 15 is 0 Å². The van der Waals surface area contributed by atoms with Crippen molar-refractivity contribution in [1.29, 1.82) is 0 Å². The first kappa shape index (κ1) is 20.0. The van der Waals surface area contributed by atoms with Gasteiger partial charge in [-0.1, -0.05) is 31.9 Å². The Kier molecular flexibility index (Phi) is 7.14. The summed E-state index contributed by atoms with van der Waals surface area (Å²) in [5, 5.41) is 3.36. The molecule has 3 aromatic rings. The number of unbranched alkanes of at least 4 members (excludes halogenated alkanes) is 2. The summed E-state index contributed by atoms with van der Waals surface area (Å²) in [5.74, 6) is 0.307. The second-order valence-corrected chi connectivity index (χ2v) is 7.58. The zero-order valence-corrected chi connectivity index (χ0v) is 16.6. The van der Waals surface area contributed by atoms with Crippen molar-refractivity contribution >= 4 is 22.4 Å². The van der Waals surface area contributed by atoms with Gasteiger partial charge in [0, 0.05) is 23.1 Å². The van der Waals surface area contributed by atoms with Gasteiger partial charge in [-0.15, -0.1) is 11.3 Å². The first-order chi connectivity index (χ1) is 13.6. The molecule has 0 spiro atoms. The molecule has 0 bridgehead atoms. The Morgan fingerprint density at radius 2 is 1.86 bits per heavy atom. The Morgan fingerprint density at radius 3 is 2.57 bits per heavy atom. The Hall–Kier alpha value is -2.73. The lowest BCUT2D eigenvalue weighted by atomic mass is 10.1. The lowest BCUT2D eigenvalue weighted by Crippen LogP contribution is -2.11. The molecule has 0 atom stereocenters. The Bertz CT molecular complexity index is 892. The molecule has 1 aromatic heterocycles. The van der Waals surface area contributed by atoms with Gasteiger partial charge in [0.1, 0.15) is 11.6 Å². The zero-order valence-electron chi connectivity index (χ0n) is 15.8. The SMILES string of the molecule is CCCCCOc1ccc(C(=O)Nc2ncc(Cc3ccc(F)cc3)s2)cc1. The molecule has 0 radical (unpaired) electrons. The molecule has 3 rings (SSSR count). The fraction of sp³-hybridized carbons (Fsp3) is 0.273. The zero-order chi connectivity index (χ0) is 19.8. The largest absolute Gasteiger partial charge is 0.494 e. The van der Waals surface area contributed by atoms with Crippen LogP contribution < -0.4 is 10.1 Å². The highest BCUT2D eigenvalue weighted by atomic mass is 32.1. The van der Waals surface area contributed by atoms with Gasteiger partial charge in [-0.05, 0) is 48.4 Å². The van der Waals surface area contributed by atoms with E-state index in [0.29, 0.717) is 23.7 Å². The normalized spacial score (nSPS) is 10.6. The molecule has 28 heavy (non-hydrogen) atoms. The van der Waals surface area contributed by atoms with Gasteiger partial charge in [-0.3, -0.25) is 10.1 Å². The predicted molar refractivity (Wildman–Crippen MR) is 111 cm³/mol. The monoisotopic (exact) mass is 398 g/mol. The number of aromatic nitrogens is 1. The van der Waals surface area contributed by atoms with Gasteiger partial charge < -0.3 is 4.74 Å². The van der Waals surface area contributed by atoms with Gasteiger partial charge in [0.25, 0.3) is 5.91 Å². The smallest absolute Gasteiger partial charge is 0.257 e. The van der Waals surface area contributed by atoms with E-state index in [1.165, 1.54) is 23.5 Å². The Labute approximate surface area is 168 Å². The van der Waals surface area contributed by atoms with Gasteiger partial charge in [-0.25, -0.2) is 9.37 Å². The van der Waals surface area contributed by atoms with E-state index in [-0.39, 0.29) is 11.7 Å². The number of amides is 1. The van der Waals surface area contributed by atoms with Crippen molar-refractivity contribution in [1.82, 2.24) is 4.98 Å². The highest BCUT2D eigenvalue weighted by Crippen LogP contribution is 2.22. The maximum absolute atomic E-state index is 13.0. The van der Waals surface area contributed by atoms with Crippen LogP contribution in [0.15, 0.2) is 54.7 Å². The minimum Gasteiger partial charge on any atom is -0.494 e. The third-order valence-electron chi connectivity index (χ3n) is 4.20. The molecule has 0 fully saturated rings. The first-order valence-electron chi connectivity index (χ1n) is 9.37. The summed E-state index contributed by atoms with van der Waals surface area (Å²) in [4.78, 5) is 17.7. The molecular formula is C22H23FN2O2S. The summed E-state index contributed by atoms with van der Waals surface area (Å²) in [7, 11) is 0. The van der Waals surface area contributed by atoms with Crippen LogP contribution in [0.5, 0.6) is 5.75 Å². The third-order valence-corrected chi connectivity index (χ3v) is 5.11. The van der Waals surface area contributed by atoms with Crippen molar-refractivity contribution in [3.05, 3.63) is 76.5 Å². The van der Waals surface area contributed by atoms with Gasteiger partial charge in [0.15, 0.2) is 5.13 Å². The second kappa shape index (κ2) is 9.99. The van der Waals surface area contributed by atoms with Crippen LogP contribution in [0.2, 0.25) is 0 Å². The summed E-state index contributed by atoms with van der Waals surface area (Å²) >= 11 is 1.41. The van der Waals surface area contributed by atoms with Crippen LogP contribution in [-0.4, -0.2) is 17.5 Å². The third kappa shape index (κ3) is 5.89. The minimum absolute atomic E-state index is 0.208. The molecule has 0 aliphatic rings. The maximum Gasteiger partial charge on any atom is 0.257 e. The number of benzene rings is 2. The summed E-state index contributed by atoms with van der Waals surface area (Å²) in [6.07, 6.45) is 5.72. The Morgan fingerprint density at radius 1 is 1.11 bits per heavy atom. The molecule has 6 heteroatoms. The second-order valence-electron chi connectivity index (χ2n) is 6.47. The maximum atomic E-state index is 13.0. The fourth-order valence-corrected chi connectivity index (χ4v) is 3.51. The van der Waals surface area contributed by atoms with E-state index in [9.17, 15) is 9.18 Å². The number of halogens is 1. The average molecular weight is 399 g/mol. The van der Waals surface area contributed by atoms with Crippen LogP contribution in [0.1, 0.15) is 47.0 Å². The number of ether oxygens (including phenoxy) is 1. The van der Waals surface area contributed by atoms with Crippen LogP contribution in [0.25, 0.3) is 0 Å². The number of anilines is 1. The van der Waals surface area contributed by atoms with Crippen molar-refractivity contribution < 1.29 is 13.9 Å². The van der Waals surface area contributed by atoms with E-state index in [2.05, 4.69) is 17.2 Å². The van der Waals surface area contributed by atoms with Gasteiger partial charge in [0.05, 0.1) is 6.61 Å². The molecule has 2 aromatic carbocycles. The van der Waals surface area contributed by atoms with Crippen molar-refractivity contribution in [3.8, 4) is 5.75 Å². The lowest BCUT2D eigenvalue weighted by Gasteiger charge is -2.06. The van der Waals surface area contributed by atoms with Gasteiger partial charge in [-0.2, -0.15) is 0 Å². The van der Waals surface area contributed by atoms with Crippen molar-refractivity contribution in [2.45, 2.75) is 32.6 Å². The first-order valence-corrected chi connectivity index (χ1v) is 10.2. The van der Waals surface area contributed by atoms with E-state index in [0.717, 1.165) is 35.5 Å². The number of hydrogen-bond acceptors (Lipinski definition) is 4. The number of rotatable bonds is 9. The molecule has 0 saturated heterocycles. The number of nitrogens with one attached hydrogen (secondary N) is 1.